The van der Waals surface area contributed by atoms with Gasteiger partial charge in [0.15, 0.2) is 0 Å². The highest BCUT2D eigenvalue weighted by Gasteiger charge is 2.46. The third kappa shape index (κ3) is 3.58. The maximum absolute atomic E-state index is 13.2. The van der Waals surface area contributed by atoms with Gasteiger partial charge in [-0.3, -0.25) is 9.35 Å². The van der Waals surface area contributed by atoms with Crippen molar-refractivity contribution >= 4 is 15.9 Å². The van der Waals surface area contributed by atoms with Gasteiger partial charge in [-0.25, -0.2) is 0 Å². The first kappa shape index (κ1) is 17.2. The lowest BCUT2D eigenvalue weighted by atomic mass is 9.59. The van der Waals surface area contributed by atoms with E-state index in [0.717, 1.165) is 25.7 Å². The Bertz CT molecular complexity index is 562. The number of carbonyl (C=O) groups excluding carboxylic acids is 1. The van der Waals surface area contributed by atoms with Crippen molar-refractivity contribution in [3.8, 4) is 0 Å². The van der Waals surface area contributed by atoms with Crippen LogP contribution in [0.1, 0.15) is 38.5 Å². The highest BCUT2D eigenvalue weighted by atomic mass is 32.2. The lowest BCUT2D eigenvalue weighted by Crippen LogP contribution is -2.42. The number of hydrogen-bond acceptors (Lipinski definition) is 4. The minimum Gasteiger partial charge on any atom is -0.373 e. The zero-order valence-corrected chi connectivity index (χ0v) is 13.6. The van der Waals surface area contributed by atoms with Gasteiger partial charge in [0.05, 0.1) is 6.61 Å². The van der Waals surface area contributed by atoms with Gasteiger partial charge in [-0.1, -0.05) is 0 Å². The molecule has 4 bridgehead atoms. The maximum atomic E-state index is 13.2. The number of alkyl halides is 2. The van der Waals surface area contributed by atoms with Crippen molar-refractivity contribution in [1.29, 1.82) is 0 Å². The first-order valence-corrected chi connectivity index (χ1v) is 9.56. The molecule has 0 heterocycles. The van der Waals surface area contributed by atoms with E-state index in [9.17, 15) is 22.0 Å². The molecule has 0 aromatic carbocycles. The van der Waals surface area contributed by atoms with Gasteiger partial charge < -0.3 is 4.74 Å². The number of fused-ring (bicyclic) bond motifs is 2. The summed E-state index contributed by atoms with van der Waals surface area (Å²) in [5.74, 6) is 1.30. The number of rotatable bonds is 5. The van der Waals surface area contributed by atoms with Crippen LogP contribution in [0.4, 0.5) is 8.78 Å². The summed E-state index contributed by atoms with van der Waals surface area (Å²) in [5, 5.41) is -4.34. The Kier molecular flexibility index (Phi) is 4.52. The van der Waals surface area contributed by atoms with E-state index < -0.39 is 27.9 Å². The molecular formula is C15H22F2O5S. The highest BCUT2D eigenvalue weighted by Crippen LogP contribution is 2.49. The molecule has 0 spiro atoms. The van der Waals surface area contributed by atoms with E-state index in [2.05, 4.69) is 0 Å². The molecule has 4 rings (SSSR count). The number of carbonyl (C=O) groups is 1. The second kappa shape index (κ2) is 6.04. The summed E-state index contributed by atoms with van der Waals surface area (Å²) in [7, 11) is -5.49. The first-order chi connectivity index (χ1) is 10.7. The summed E-state index contributed by atoms with van der Waals surface area (Å²) >= 11 is 0. The second-order valence-electron chi connectivity index (χ2n) is 7.44. The fourth-order valence-electron chi connectivity index (χ4n) is 4.81. The molecule has 0 aromatic heterocycles. The van der Waals surface area contributed by atoms with Gasteiger partial charge in [0.25, 0.3) is 0 Å². The van der Waals surface area contributed by atoms with Gasteiger partial charge in [-0.05, 0) is 56.3 Å². The van der Waals surface area contributed by atoms with Crippen LogP contribution >= 0.6 is 0 Å². The average Bonchev–Trinajstić information content (AvgIpc) is 2.42. The van der Waals surface area contributed by atoms with Gasteiger partial charge in [0.1, 0.15) is 12.4 Å². The first-order valence-electron chi connectivity index (χ1n) is 8.12. The van der Waals surface area contributed by atoms with Gasteiger partial charge >= 0.3 is 15.4 Å². The normalized spacial score (nSPS) is 37.7. The standard InChI is InChI=1S/C15H22F2O5S/c16-15(17,23(19,20)21)8-22-7-13-6-11-2-9-1-10(3-11)5-12(4-9)14(13)18/h9-13H,1-8H2,(H,19,20,21). The minimum atomic E-state index is -5.49. The quantitative estimate of drug-likeness (QED) is 0.769. The Balaban J connectivity index is 1.61. The molecule has 132 valence electrons. The molecule has 0 amide bonds. The Morgan fingerprint density at radius 3 is 2.09 bits per heavy atom. The van der Waals surface area contributed by atoms with Crippen molar-refractivity contribution < 1.29 is 31.3 Å². The third-order valence-electron chi connectivity index (χ3n) is 5.62. The summed E-state index contributed by atoms with van der Waals surface area (Å²) in [5.41, 5.74) is 0. The molecule has 0 radical (unpaired) electrons. The molecular weight excluding hydrogens is 330 g/mol. The van der Waals surface area contributed by atoms with Crippen molar-refractivity contribution in [2.75, 3.05) is 13.2 Å². The molecule has 4 fully saturated rings. The van der Waals surface area contributed by atoms with Gasteiger partial charge in [-0.2, -0.15) is 17.2 Å². The number of Topliss-reactive ketones (excluding diaryl/α,β-unsaturated/α-hetero) is 1. The van der Waals surface area contributed by atoms with E-state index in [-0.39, 0.29) is 18.3 Å². The van der Waals surface area contributed by atoms with Crippen LogP contribution in [-0.4, -0.2) is 37.2 Å². The smallest absolute Gasteiger partial charge is 0.373 e. The van der Waals surface area contributed by atoms with Crippen LogP contribution in [0.15, 0.2) is 0 Å². The molecule has 23 heavy (non-hydrogen) atoms. The molecule has 5 nitrogen and oxygen atoms in total. The van der Waals surface area contributed by atoms with E-state index in [1.165, 1.54) is 6.42 Å². The molecule has 0 aromatic rings. The predicted octanol–water partition coefficient (Wildman–Crippen LogP) is 2.52. The van der Waals surface area contributed by atoms with Gasteiger partial charge in [-0.15, -0.1) is 0 Å². The lowest BCUT2D eigenvalue weighted by molar-refractivity contribution is -0.136. The molecule has 0 saturated heterocycles. The lowest BCUT2D eigenvalue weighted by Gasteiger charge is -2.46. The Morgan fingerprint density at radius 2 is 1.57 bits per heavy atom. The number of ether oxygens (including phenoxy) is 1. The van der Waals surface area contributed by atoms with E-state index >= 15 is 0 Å². The number of ketones is 1. The van der Waals surface area contributed by atoms with Crippen LogP contribution in [0.2, 0.25) is 0 Å². The zero-order chi connectivity index (χ0) is 16.8. The number of hydrogen-bond donors (Lipinski definition) is 1. The Labute approximate surface area is 134 Å². The summed E-state index contributed by atoms with van der Waals surface area (Å²) in [6, 6.07) is 0. The molecule has 3 atom stereocenters. The molecule has 4 saturated carbocycles. The van der Waals surface area contributed by atoms with Crippen molar-refractivity contribution in [1.82, 2.24) is 0 Å². The van der Waals surface area contributed by atoms with Gasteiger partial charge in [0, 0.05) is 11.8 Å². The summed E-state index contributed by atoms with van der Waals surface area (Å²) in [6.07, 6.45) is 5.82. The van der Waals surface area contributed by atoms with Crippen LogP contribution < -0.4 is 0 Å². The molecule has 3 unspecified atom stereocenters. The molecule has 1 N–H and O–H groups in total. The molecule has 4 aliphatic carbocycles. The van der Waals surface area contributed by atoms with Crippen LogP contribution in [0.3, 0.4) is 0 Å². The van der Waals surface area contributed by atoms with Crippen LogP contribution in [0.25, 0.3) is 0 Å². The highest BCUT2D eigenvalue weighted by molar-refractivity contribution is 7.86. The maximum Gasteiger partial charge on any atom is 0.392 e. The summed E-state index contributed by atoms with van der Waals surface area (Å²) in [6.45, 7) is -1.62. The van der Waals surface area contributed by atoms with Crippen LogP contribution in [-0.2, 0) is 19.6 Å². The molecule has 0 aliphatic heterocycles. The van der Waals surface area contributed by atoms with Crippen molar-refractivity contribution in [2.24, 2.45) is 29.6 Å². The average molecular weight is 352 g/mol. The molecule has 8 heteroatoms. The van der Waals surface area contributed by atoms with E-state index in [1.807, 2.05) is 0 Å². The van der Waals surface area contributed by atoms with Crippen LogP contribution in [0, 0.1) is 29.6 Å². The van der Waals surface area contributed by atoms with Crippen LogP contribution in [0.5, 0.6) is 0 Å². The van der Waals surface area contributed by atoms with Crippen molar-refractivity contribution in [3.05, 3.63) is 0 Å². The Morgan fingerprint density at radius 1 is 1.04 bits per heavy atom. The Hall–Kier alpha value is -0.600. The van der Waals surface area contributed by atoms with Gasteiger partial charge in [0.2, 0.25) is 0 Å². The third-order valence-corrected chi connectivity index (χ3v) is 6.50. The summed E-state index contributed by atoms with van der Waals surface area (Å²) < 4.78 is 60.7. The minimum absolute atomic E-state index is 0.00400. The SMILES string of the molecule is O=C1C(COCC(F)(F)S(=O)(=O)O)CC2CC3CC(C2)CC1C3. The fraction of sp³-hybridized carbons (Fsp3) is 0.933. The fourth-order valence-corrected chi connectivity index (χ4v) is 5.04. The van der Waals surface area contributed by atoms with Crippen molar-refractivity contribution in [2.45, 2.75) is 43.8 Å². The van der Waals surface area contributed by atoms with E-state index in [4.69, 9.17) is 9.29 Å². The zero-order valence-electron chi connectivity index (χ0n) is 12.8. The number of halogens is 2. The predicted molar refractivity (Wildman–Crippen MR) is 77.5 cm³/mol. The molecule has 4 aliphatic rings. The van der Waals surface area contributed by atoms with Crippen molar-refractivity contribution in [3.63, 3.8) is 0 Å². The topological polar surface area (TPSA) is 80.7 Å². The monoisotopic (exact) mass is 352 g/mol. The second-order valence-corrected chi connectivity index (χ2v) is 8.98. The largest absolute Gasteiger partial charge is 0.392 e. The summed E-state index contributed by atoms with van der Waals surface area (Å²) in [4.78, 5) is 12.6. The van der Waals surface area contributed by atoms with E-state index in [1.54, 1.807) is 0 Å². The van der Waals surface area contributed by atoms with E-state index in [0.29, 0.717) is 24.2 Å².